The van der Waals surface area contributed by atoms with Crippen molar-refractivity contribution in [2.45, 2.75) is 18.9 Å². The summed E-state index contributed by atoms with van der Waals surface area (Å²) >= 11 is 0. The molecule has 0 aliphatic carbocycles. The lowest BCUT2D eigenvalue weighted by molar-refractivity contribution is -0.137. The number of hydrogen-bond donors (Lipinski definition) is 1. The van der Waals surface area contributed by atoms with Crippen LogP contribution in [-0.2, 0) is 9.53 Å². The van der Waals surface area contributed by atoms with Crippen molar-refractivity contribution in [2.75, 3.05) is 32.8 Å². The van der Waals surface area contributed by atoms with Crippen LogP contribution in [0.25, 0.3) is 0 Å². The average Bonchev–Trinajstić information content (AvgIpc) is 2.56. The molecule has 2 rings (SSSR count). The maximum Gasteiger partial charge on any atom is 0.239 e. The monoisotopic (exact) mass is 287 g/mol. The lowest BCUT2D eigenvalue weighted by atomic mass is 10.0. The van der Waals surface area contributed by atoms with Crippen LogP contribution in [0.5, 0.6) is 0 Å². The summed E-state index contributed by atoms with van der Waals surface area (Å²) in [4.78, 5) is 14.1. The summed E-state index contributed by atoms with van der Waals surface area (Å²) in [5.74, 6) is -0.172. The number of carbonyl (C=O) groups excluding carboxylic acids is 1. The summed E-state index contributed by atoms with van der Waals surface area (Å²) in [6.07, 6.45) is 0. The van der Waals surface area contributed by atoms with Crippen LogP contribution in [0.1, 0.15) is 18.4 Å². The molecule has 5 nitrogen and oxygen atoms in total. The van der Waals surface area contributed by atoms with E-state index < -0.39 is 0 Å². The summed E-state index contributed by atoms with van der Waals surface area (Å²) in [7, 11) is 0. The number of carbonyl (C=O) groups is 1. The molecule has 21 heavy (non-hydrogen) atoms. The number of nitriles is 1. The molecule has 1 amide bonds. The lowest BCUT2D eigenvalue weighted by Crippen LogP contribution is -2.49. The van der Waals surface area contributed by atoms with Crippen molar-refractivity contribution >= 4 is 5.91 Å². The van der Waals surface area contributed by atoms with Gasteiger partial charge in [0.05, 0.1) is 31.2 Å². The molecule has 0 saturated carbocycles. The molecule has 0 bridgehead atoms. The Morgan fingerprint density at radius 1 is 1.38 bits per heavy atom. The van der Waals surface area contributed by atoms with E-state index in [1.54, 1.807) is 0 Å². The van der Waals surface area contributed by atoms with Gasteiger partial charge in [-0.15, -0.1) is 0 Å². The van der Waals surface area contributed by atoms with Gasteiger partial charge in [0.2, 0.25) is 5.91 Å². The molecule has 1 heterocycles. The molecular formula is C16H21N3O2. The molecular weight excluding hydrogens is 266 g/mol. The topological polar surface area (TPSA) is 65.4 Å². The van der Waals surface area contributed by atoms with E-state index in [0.29, 0.717) is 32.8 Å². The first-order valence-electron chi connectivity index (χ1n) is 7.27. The highest BCUT2D eigenvalue weighted by atomic mass is 16.5. The Balaban J connectivity index is 1.86. The molecule has 2 atom stereocenters. The van der Waals surface area contributed by atoms with E-state index in [9.17, 15) is 10.1 Å². The number of hydrogen-bond acceptors (Lipinski definition) is 4. The minimum Gasteiger partial charge on any atom is -0.378 e. The van der Waals surface area contributed by atoms with E-state index >= 15 is 0 Å². The first-order chi connectivity index (χ1) is 10.2. The van der Waals surface area contributed by atoms with Gasteiger partial charge in [0.15, 0.2) is 0 Å². The molecule has 1 saturated heterocycles. The predicted octanol–water partition coefficient (Wildman–Crippen LogP) is 1.13. The Morgan fingerprint density at radius 3 is 2.67 bits per heavy atom. The highest BCUT2D eigenvalue weighted by Gasteiger charge is 2.23. The van der Waals surface area contributed by atoms with Gasteiger partial charge in [0.25, 0.3) is 0 Å². The third-order valence-corrected chi connectivity index (χ3v) is 3.68. The molecule has 0 aromatic heterocycles. The van der Waals surface area contributed by atoms with Crippen molar-refractivity contribution in [3.63, 3.8) is 0 Å². The highest BCUT2D eigenvalue weighted by molar-refractivity contribution is 5.81. The summed E-state index contributed by atoms with van der Waals surface area (Å²) in [6.45, 7) is 4.80. The van der Waals surface area contributed by atoms with Crippen LogP contribution in [-0.4, -0.2) is 49.7 Å². The second kappa shape index (κ2) is 7.77. The molecule has 0 spiro atoms. The van der Waals surface area contributed by atoms with Crippen molar-refractivity contribution in [3.05, 3.63) is 35.9 Å². The fraction of sp³-hybridized carbons (Fsp3) is 0.500. The van der Waals surface area contributed by atoms with E-state index in [4.69, 9.17) is 4.74 Å². The lowest BCUT2D eigenvalue weighted by Gasteiger charge is -2.29. The SMILES string of the molecule is CC(NCC(C#N)c1ccccc1)C(=O)N1CCOCC1. The van der Waals surface area contributed by atoms with E-state index in [1.165, 1.54) is 0 Å². The number of morpholine rings is 1. The fourth-order valence-electron chi connectivity index (χ4n) is 2.36. The second-order valence-corrected chi connectivity index (χ2v) is 5.16. The number of nitrogens with one attached hydrogen (secondary N) is 1. The van der Waals surface area contributed by atoms with Gasteiger partial charge in [-0.25, -0.2) is 0 Å². The average molecular weight is 287 g/mol. The Labute approximate surface area is 125 Å². The maximum absolute atomic E-state index is 12.3. The zero-order valence-corrected chi connectivity index (χ0v) is 12.3. The normalized spacial score (nSPS) is 17.8. The van der Waals surface area contributed by atoms with Gasteiger partial charge in [-0.2, -0.15) is 5.26 Å². The number of rotatable bonds is 5. The van der Waals surface area contributed by atoms with Gasteiger partial charge in [-0.3, -0.25) is 4.79 Å². The maximum atomic E-state index is 12.3. The minimum absolute atomic E-state index is 0.0723. The molecule has 1 N–H and O–H groups in total. The van der Waals surface area contributed by atoms with Crippen LogP contribution < -0.4 is 5.32 Å². The molecule has 112 valence electrons. The standard InChI is InChI=1S/C16H21N3O2/c1-13(16(20)19-7-9-21-10-8-19)18-12-15(11-17)14-5-3-2-4-6-14/h2-6,13,15,18H,7-10,12H2,1H3. The Morgan fingerprint density at radius 2 is 2.05 bits per heavy atom. The number of amides is 1. The van der Waals surface area contributed by atoms with Crippen molar-refractivity contribution in [1.82, 2.24) is 10.2 Å². The number of ether oxygens (including phenoxy) is 1. The minimum atomic E-state index is -0.289. The molecule has 0 radical (unpaired) electrons. The predicted molar refractivity (Wildman–Crippen MR) is 79.7 cm³/mol. The summed E-state index contributed by atoms with van der Waals surface area (Å²) in [5, 5.41) is 12.5. The first-order valence-corrected chi connectivity index (χ1v) is 7.27. The third-order valence-electron chi connectivity index (χ3n) is 3.68. The largest absolute Gasteiger partial charge is 0.378 e. The van der Waals surface area contributed by atoms with Gasteiger partial charge in [-0.05, 0) is 12.5 Å². The first kappa shape index (κ1) is 15.5. The van der Waals surface area contributed by atoms with Crippen LogP contribution in [0.4, 0.5) is 0 Å². The zero-order chi connectivity index (χ0) is 15.1. The van der Waals surface area contributed by atoms with Crippen molar-refractivity contribution < 1.29 is 9.53 Å². The van der Waals surface area contributed by atoms with Crippen LogP contribution in [0.15, 0.2) is 30.3 Å². The second-order valence-electron chi connectivity index (χ2n) is 5.16. The fourth-order valence-corrected chi connectivity index (χ4v) is 2.36. The van der Waals surface area contributed by atoms with Crippen LogP contribution in [0.3, 0.4) is 0 Å². The highest BCUT2D eigenvalue weighted by Crippen LogP contribution is 2.13. The van der Waals surface area contributed by atoms with E-state index in [1.807, 2.05) is 42.2 Å². The van der Waals surface area contributed by atoms with Crippen LogP contribution >= 0.6 is 0 Å². The van der Waals surface area contributed by atoms with Crippen LogP contribution in [0.2, 0.25) is 0 Å². The molecule has 1 fully saturated rings. The van der Waals surface area contributed by atoms with Crippen molar-refractivity contribution in [3.8, 4) is 6.07 Å². The van der Waals surface area contributed by atoms with E-state index in [-0.39, 0.29) is 17.9 Å². The summed E-state index contributed by atoms with van der Waals surface area (Å²) < 4.78 is 5.25. The molecule has 5 heteroatoms. The van der Waals surface area contributed by atoms with Gasteiger partial charge in [0.1, 0.15) is 0 Å². The van der Waals surface area contributed by atoms with E-state index in [2.05, 4.69) is 11.4 Å². The smallest absolute Gasteiger partial charge is 0.239 e. The summed E-state index contributed by atoms with van der Waals surface area (Å²) in [6, 6.07) is 11.6. The van der Waals surface area contributed by atoms with Gasteiger partial charge in [-0.1, -0.05) is 30.3 Å². The molecule has 2 unspecified atom stereocenters. The Bertz CT molecular complexity index is 492. The number of nitrogens with zero attached hydrogens (tertiary/aromatic N) is 2. The quantitative estimate of drug-likeness (QED) is 0.881. The van der Waals surface area contributed by atoms with Gasteiger partial charge in [0, 0.05) is 19.6 Å². The Kier molecular flexibility index (Phi) is 5.73. The molecule has 1 aliphatic heterocycles. The van der Waals surface area contributed by atoms with Gasteiger partial charge < -0.3 is 15.0 Å². The molecule has 1 aromatic rings. The van der Waals surface area contributed by atoms with Crippen LogP contribution in [0, 0.1) is 11.3 Å². The third kappa shape index (κ3) is 4.28. The van der Waals surface area contributed by atoms with E-state index in [0.717, 1.165) is 5.56 Å². The van der Waals surface area contributed by atoms with Crippen molar-refractivity contribution in [2.24, 2.45) is 0 Å². The molecule has 1 aliphatic rings. The zero-order valence-electron chi connectivity index (χ0n) is 12.3. The summed E-state index contributed by atoms with van der Waals surface area (Å²) in [5.41, 5.74) is 0.971. The van der Waals surface area contributed by atoms with Gasteiger partial charge >= 0.3 is 0 Å². The Hall–Kier alpha value is -1.90. The molecule has 1 aromatic carbocycles. The van der Waals surface area contributed by atoms with Crippen molar-refractivity contribution in [1.29, 1.82) is 5.26 Å². The number of benzene rings is 1.